The highest BCUT2D eigenvalue weighted by molar-refractivity contribution is 7.89. The van der Waals surface area contributed by atoms with Crippen LogP contribution in [0.5, 0.6) is 0 Å². The van der Waals surface area contributed by atoms with Gasteiger partial charge in [0.25, 0.3) is 0 Å². The van der Waals surface area contributed by atoms with Gasteiger partial charge in [0.2, 0.25) is 10.0 Å². The van der Waals surface area contributed by atoms with E-state index in [1.807, 2.05) is 12.1 Å². The average molecular weight is 485 g/mol. The number of nitrogens with zero attached hydrogens (tertiary/aromatic N) is 2. The molecule has 2 atom stereocenters. The molecule has 0 unspecified atom stereocenters. The molecular formula is C25H29FN4O3S. The molecule has 1 aliphatic rings. The first kappa shape index (κ1) is 24.1. The van der Waals surface area contributed by atoms with Crippen molar-refractivity contribution < 1.29 is 12.8 Å². The first-order chi connectivity index (χ1) is 15.9. The topological polar surface area (TPSA) is 107 Å². The Morgan fingerprint density at radius 1 is 1.03 bits per heavy atom. The second kappa shape index (κ2) is 8.96. The van der Waals surface area contributed by atoms with E-state index in [2.05, 4.69) is 42.6 Å². The zero-order valence-corrected chi connectivity index (χ0v) is 20.3. The summed E-state index contributed by atoms with van der Waals surface area (Å²) in [5.74, 6) is -1.21. The van der Waals surface area contributed by atoms with E-state index in [1.54, 1.807) is 24.3 Å². The Labute approximate surface area is 198 Å². The van der Waals surface area contributed by atoms with Crippen LogP contribution in [0.3, 0.4) is 0 Å². The van der Waals surface area contributed by atoms with Crippen LogP contribution in [0.2, 0.25) is 0 Å². The minimum absolute atomic E-state index is 0.0632. The van der Waals surface area contributed by atoms with Crippen LogP contribution >= 0.6 is 0 Å². The third-order valence-corrected chi connectivity index (χ3v) is 7.84. The van der Waals surface area contributed by atoms with E-state index in [0.29, 0.717) is 19.3 Å². The molecule has 0 saturated heterocycles. The number of hydrogen-bond acceptors (Lipinski definition) is 5. The first-order valence-electron chi connectivity index (χ1n) is 11.2. The minimum atomic E-state index is -3.75. The van der Waals surface area contributed by atoms with Crippen molar-refractivity contribution in [2.24, 2.45) is 0 Å². The van der Waals surface area contributed by atoms with Crippen molar-refractivity contribution in [1.82, 2.24) is 14.3 Å². The summed E-state index contributed by atoms with van der Waals surface area (Å²) in [5.41, 5.74) is 7.94. The smallest absolute Gasteiger partial charge is 0.349 e. The van der Waals surface area contributed by atoms with Gasteiger partial charge in [-0.15, -0.1) is 0 Å². The molecule has 0 radical (unpaired) electrons. The molecule has 0 amide bonds. The molecule has 34 heavy (non-hydrogen) atoms. The summed E-state index contributed by atoms with van der Waals surface area (Å²) in [6, 6.07) is 14.3. The molecule has 0 aliphatic heterocycles. The zero-order valence-electron chi connectivity index (χ0n) is 19.5. The number of benzene rings is 2. The molecule has 7 nitrogen and oxygen atoms in total. The maximum atomic E-state index is 13.8. The van der Waals surface area contributed by atoms with Crippen molar-refractivity contribution in [2.45, 2.75) is 62.4 Å². The summed E-state index contributed by atoms with van der Waals surface area (Å²) in [4.78, 5) is 15.7. The van der Waals surface area contributed by atoms with Crippen molar-refractivity contribution in [3.05, 3.63) is 76.6 Å². The summed E-state index contributed by atoms with van der Waals surface area (Å²) >= 11 is 0. The second-order valence-electron chi connectivity index (χ2n) is 9.80. The molecule has 2 aromatic carbocycles. The fourth-order valence-corrected chi connectivity index (χ4v) is 5.60. The molecule has 0 bridgehead atoms. The number of aromatic nitrogens is 2. The lowest BCUT2D eigenvalue weighted by Gasteiger charge is -2.19. The van der Waals surface area contributed by atoms with Gasteiger partial charge in [-0.05, 0) is 53.5 Å². The van der Waals surface area contributed by atoms with Crippen molar-refractivity contribution in [3.8, 4) is 11.1 Å². The largest absolute Gasteiger partial charge is 0.381 e. The lowest BCUT2D eigenvalue weighted by atomic mass is 9.86. The Morgan fingerprint density at radius 2 is 1.62 bits per heavy atom. The molecule has 1 heterocycles. The van der Waals surface area contributed by atoms with Gasteiger partial charge in [-0.1, -0.05) is 57.2 Å². The fourth-order valence-electron chi connectivity index (χ4n) is 4.31. The van der Waals surface area contributed by atoms with Gasteiger partial charge in [-0.25, -0.2) is 22.3 Å². The van der Waals surface area contributed by atoms with Gasteiger partial charge in [0, 0.05) is 18.3 Å². The van der Waals surface area contributed by atoms with E-state index in [0.717, 1.165) is 17.3 Å². The summed E-state index contributed by atoms with van der Waals surface area (Å²) in [7, 11) is -3.75. The number of nitrogens with one attached hydrogen (secondary N) is 1. The van der Waals surface area contributed by atoms with Gasteiger partial charge < -0.3 is 5.73 Å². The molecule has 3 N–H and O–H groups in total. The van der Waals surface area contributed by atoms with Gasteiger partial charge in [0.1, 0.15) is 0 Å². The van der Waals surface area contributed by atoms with Crippen LogP contribution in [0.1, 0.15) is 51.6 Å². The summed E-state index contributed by atoms with van der Waals surface area (Å²) in [6.07, 6.45) is 2.46. The highest BCUT2D eigenvalue weighted by Gasteiger charge is 2.30. The Hall–Kier alpha value is -3.04. The van der Waals surface area contributed by atoms with Crippen LogP contribution in [-0.4, -0.2) is 24.0 Å². The average Bonchev–Trinajstić information content (AvgIpc) is 3.23. The number of hydrogen-bond donors (Lipinski definition) is 2. The Balaban J connectivity index is 1.45. The fraction of sp³-hybridized carbons (Fsp3) is 0.360. The van der Waals surface area contributed by atoms with Crippen LogP contribution in [0.15, 0.2) is 64.4 Å². The van der Waals surface area contributed by atoms with Gasteiger partial charge in [0.05, 0.1) is 4.90 Å². The summed E-state index contributed by atoms with van der Waals surface area (Å²) < 4.78 is 43.5. The highest BCUT2D eigenvalue weighted by Crippen LogP contribution is 2.31. The van der Waals surface area contributed by atoms with Gasteiger partial charge in [0.15, 0.2) is 11.6 Å². The number of nitrogens with two attached hydrogens (primary N) is 1. The van der Waals surface area contributed by atoms with Gasteiger partial charge in [-0.3, -0.25) is 4.57 Å². The van der Waals surface area contributed by atoms with E-state index in [9.17, 15) is 17.6 Å². The van der Waals surface area contributed by atoms with Crippen LogP contribution in [0.25, 0.3) is 11.1 Å². The Kier molecular flexibility index (Phi) is 6.35. The van der Waals surface area contributed by atoms with Crippen LogP contribution in [0, 0.1) is 5.82 Å². The van der Waals surface area contributed by atoms with Crippen molar-refractivity contribution >= 4 is 15.8 Å². The first-order valence-corrected chi connectivity index (χ1v) is 12.7. The number of sulfonamides is 1. The van der Waals surface area contributed by atoms with E-state index in [1.165, 1.54) is 10.1 Å². The molecule has 4 rings (SSSR count). The van der Waals surface area contributed by atoms with Crippen molar-refractivity contribution in [3.63, 3.8) is 0 Å². The molecule has 0 spiro atoms. The number of anilines is 1. The Bertz CT molecular complexity index is 1340. The molecule has 1 saturated carbocycles. The maximum Gasteiger partial charge on any atom is 0.349 e. The highest BCUT2D eigenvalue weighted by atomic mass is 32.2. The standard InChI is InChI=1S/C25H29FN4O3S/c1-25(2,3)18-8-4-16(5-9-18)17-6-12-21(13-7-17)34(32,33)29-19-10-11-20(14-19)30-15-22(26)23(27)28-24(30)31/h4-9,12-13,15,19-20,29H,10-11,14H2,1-3H3,(H2,27,28,31)/t19-,20-/m0/s1. The molecule has 1 fully saturated rings. The number of nitrogen functional groups attached to an aromatic ring is 1. The van der Waals surface area contributed by atoms with E-state index >= 15 is 0 Å². The zero-order chi connectivity index (χ0) is 24.7. The van der Waals surface area contributed by atoms with Crippen LogP contribution in [0.4, 0.5) is 10.2 Å². The number of rotatable bonds is 5. The molecular weight excluding hydrogens is 455 g/mol. The SMILES string of the molecule is CC(C)(C)c1ccc(-c2ccc(S(=O)(=O)N[C@H]3CC[C@H](n4cc(F)c(N)nc4=O)C3)cc2)cc1. The van der Waals surface area contributed by atoms with Gasteiger partial charge >= 0.3 is 5.69 Å². The normalized spacial score (nSPS) is 18.8. The second-order valence-corrected chi connectivity index (χ2v) is 11.5. The third kappa shape index (κ3) is 5.05. The predicted molar refractivity (Wildman–Crippen MR) is 130 cm³/mol. The maximum absolute atomic E-state index is 13.8. The minimum Gasteiger partial charge on any atom is -0.381 e. The molecule has 3 aromatic rings. The van der Waals surface area contributed by atoms with E-state index < -0.39 is 27.3 Å². The monoisotopic (exact) mass is 484 g/mol. The molecule has 1 aromatic heterocycles. The number of halogens is 1. The predicted octanol–water partition coefficient (Wildman–Crippen LogP) is 4.00. The van der Waals surface area contributed by atoms with Crippen molar-refractivity contribution in [2.75, 3.05) is 5.73 Å². The summed E-state index contributed by atoms with van der Waals surface area (Å²) in [6.45, 7) is 6.47. The van der Waals surface area contributed by atoms with Crippen LogP contribution in [-0.2, 0) is 15.4 Å². The van der Waals surface area contributed by atoms with E-state index in [-0.39, 0.29) is 22.4 Å². The third-order valence-electron chi connectivity index (χ3n) is 6.30. The van der Waals surface area contributed by atoms with Crippen LogP contribution < -0.4 is 16.1 Å². The molecule has 180 valence electrons. The summed E-state index contributed by atoms with van der Waals surface area (Å²) in [5, 5.41) is 0. The molecule has 9 heteroatoms. The Morgan fingerprint density at radius 3 is 2.21 bits per heavy atom. The van der Waals surface area contributed by atoms with Gasteiger partial charge in [-0.2, -0.15) is 4.98 Å². The lowest BCUT2D eigenvalue weighted by molar-refractivity contribution is 0.461. The lowest BCUT2D eigenvalue weighted by Crippen LogP contribution is -2.34. The molecule has 1 aliphatic carbocycles. The van der Waals surface area contributed by atoms with Crippen molar-refractivity contribution in [1.29, 1.82) is 0 Å². The quantitative estimate of drug-likeness (QED) is 0.569. The van der Waals surface area contributed by atoms with E-state index in [4.69, 9.17) is 5.73 Å².